The van der Waals surface area contributed by atoms with Crippen molar-refractivity contribution in [2.24, 2.45) is 0 Å². The van der Waals surface area contributed by atoms with Gasteiger partial charge in [0, 0.05) is 24.7 Å². The normalized spacial score (nSPS) is 14.6. The Morgan fingerprint density at radius 1 is 1.32 bits per heavy atom. The number of carbonyl (C=O) groups excluding carboxylic acids is 1. The second-order valence-corrected chi connectivity index (χ2v) is 5.62. The van der Waals surface area contributed by atoms with Crippen molar-refractivity contribution < 1.29 is 4.79 Å². The topological polar surface area (TPSA) is 85.2 Å². The lowest BCUT2D eigenvalue weighted by atomic mass is 9.98. The minimum absolute atomic E-state index is 0.151. The molecule has 4 N–H and O–H groups in total. The maximum atomic E-state index is 11.6. The fourth-order valence-corrected chi connectivity index (χ4v) is 2.98. The number of thiazole rings is 1. The molecule has 98 valence electrons. The van der Waals surface area contributed by atoms with E-state index in [1.165, 1.54) is 11.3 Å². The third kappa shape index (κ3) is 1.94. The third-order valence-electron chi connectivity index (χ3n) is 3.37. The summed E-state index contributed by atoms with van der Waals surface area (Å²) in [5.41, 5.74) is 15.4. The van der Waals surface area contributed by atoms with Crippen molar-refractivity contribution in [1.29, 1.82) is 0 Å². The minimum Gasteiger partial charge on any atom is -0.389 e. The SMILES string of the molecule is CN1C(=O)CCc2cc(-c3nc(N)sc3N)ccc21. The number of hydrogen-bond acceptors (Lipinski definition) is 5. The van der Waals surface area contributed by atoms with Crippen LogP contribution in [0.1, 0.15) is 12.0 Å². The molecule has 0 saturated carbocycles. The van der Waals surface area contributed by atoms with Gasteiger partial charge in [0.1, 0.15) is 10.7 Å². The van der Waals surface area contributed by atoms with E-state index in [-0.39, 0.29) is 5.91 Å². The summed E-state index contributed by atoms with van der Waals surface area (Å²) < 4.78 is 0. The van der Waals surface area contributed by atoms with Gasteiger partial charge in [-0.3, -0.25) is 4.79 Å². The molecule has 1 amide bonds. The van der Waals surface area contributed by atoms with Crippen molar-refractivity contribution in [1.82, 2.24) is 4.98 Å². The van der Waals surface area contributed by atoms with Gasteiger partial charge in [-0.15, -0.1) is 0 Å². The number of rotatable bonds is 1. The number of aryl methyl sites for hydroxylation is 1. The number of carbonyl (C=O) groups is 1. The third-order valence-corrected chi connectivity index (χ3v) is 4.08. The van der Waals surface area contributed by atoms with Gasteiger partial charge < -0.3 is 16.4 Å². The van der Waals surface area contributed by atoms with Crippen molar-refractivity contribution in [3.8, 4) is 11.3 Å². The molecule has 1 aromatic heterocycles. The number of fused-ring (bicyclic) bond motifs is 1. The van der Waals surface area contributed by atoms with E-state index in [4.69, 9.17) is 11.5 Å². The Kier molecular flexibility index (Phi) is 2.67. The van der Waals surface area contributed by atoms with Gasteiger partial charge in [-0.2, -0.15) is 0 Å². The molecular formula is C13H14N4OS. The first-order valence-electron chi connectivity index (χ1n) is 5.98. The Bertz CT molecular complexity index is 665. The van der Waals surface area contributed by atoms with E-state index in [0.717, 1.165) is 28.9 Å². The summed E-state index contributed by atoms with van der Waals surface area (Å²) in [6.45, 7) is 0. The van der Waals surface area contributed by atoms with E-state index >= 15 is 0 Å². The Morgan fingerprint density at radius 3 is 2.79 bits per heavy atom. The average molecular weight is 274 g/mol. The highest BCUT2D eigenvalue weighted by atomic mass is 32.1. The summed E-state index contributed by atoms with van der Waals surface area (Å²) in [4.78, 5) is 17.6. The Morgan fingerprint density at radius 2 is 2.11 bits per heavy atom. The van der Waals surface area contributed by atoms with Gasteiger partial charge in [-0.1, -0.05) is 17.4 Å². The zero-order valence-corrected chi connectivity index (χ0v) is 11.3. The van der Waals surface area contributed by atoms with E-state index in [2.05, 4.69) is 4.98 Å². The number of nitrogen functional groups attached to an aromatic ring is 2. The lowest BCUT2D eigenvalue weighted by Crippen LogP contribution is -2.30. The van der Waals surface area contributed by atoms with Crippen LogP contribution >= 0.6 is 11.3 Å². The number of benzene rings is 1. The highest BCUT2D eigenvalue weighted by Crippen LogP contribution is 2.35. The fraction of sp³-hybridized carbons (Fsp3) is 0.231. The number of hydrogen-bond donors (Lipinski definition) is 2. The zero-order chi connectivity index (χ0) is 13.6. The second kappa shape index (κ2) is 4.24. The molecule has 2 aromatic rings. The van der Waals surface area contributed by atoms with Crippen molar-refractivity contribution in [2.45, 2.75) is 12.8 Å². The van der Waals surface area contributed by atoms with Gasteiger partial charge in [0.2, 0.25) is 5.91 Å². The molecule has 5 nitrogen and oxygen atoms in total. The number of amides is 1. The van der Waals surface area contributed by atoms with Crippen LogP contribution in [0.4, 0.5) is 15.8 Å². The summed E-state index contributed by atoms with van der Waals surface area (Å²) in [5.74, 6) is 0.151. The summed E-state index contributed by atoms with van der Waals surface area (Å²) in [7, 11) is 1.80. The van der Waals surface area contributed by atoms with Crippen LogP contribution < -0.4 is 16.4 Å². The van der Waals surface area contributed by atoms with Gasteiger partial charge in [0.25, 0.3) is 0 Å². The highest BCUT2D eigenvalue weighted by Gasteiger charge is 2.21. The van der Waals surface area contributed by atoms with Crippen LogP contribution in [0.3, 0.4) is 0 Å². The zero-order valence-electron chi connectivity index (χ0n) is 10.5. The first-order chi connectivity index (χ1) is 9.06. The van der Waals surface area contributed by atoms with Crippen LogP contribution in [0.2, 0.25) is 0 Å². The van der Waals surface area contributed by atoms with Crippen LogP contribution in [0.25, 0.3) is 11.3 Å². The Labute approximate surface area is 114 Å². The molecule has 0 saturated heterocycles. The molecule has 19 heavy (non-hydrogen) atoms. The van der Waals surface area contributed by atoms with Gasteiger partial charge in [-0.25, -0.2) is 4.98 Å². The van der Waals surface area contributed by atoms with Gasteiger partial charge >= 0.3 is 0 Å². The summed E-state index contributed by atoms with van der Waals surface area (Å²) >= 11 is 1.28. The predicted octanol–water partition coefficient (Wildman–Crippen LogP) is 1.88. The first-order valence-corrected chi connectivity index (χ1v) is 6.79. The lowest BCUT2D eigenvalue weighted by Gasteiger charge is -2.26. The summed E-state index contributed by atoms with van der Waals surface area (Å²) in [6, 6.07) is 5.92. The van der Waals surface area contributed by atoms with Crippen molar-refractivity contribution in [2.75, 3.05) is 23.4 Å². The molecule has 2 heterocycles. The van der Waals surface area contributed by atoms with E-state index in [1.54, 1.807) is 11.9 Å². The monoisotopic (exact) mass is 274 g/mol. The maximum Gasteiger partial charge on any atom is 0.227 e. The van der Waals surface area contributed by atoms with Crippen molar-refractivity contribution >= 4 is 33.1 Å². The molecule has 1 aliphatic heterocycles. The number of aromatic nitrogens is 1. The van der Waals surface area contributed by atoms with Gasteiger partial charge in [-0.05, 0) is 24.1 Å². The lowest BCUT2D eigenvalue weighted by molar-refractivity contribution is -0.118. The average Bonchev–Trinajstić information content (AvgIpc) is 2.73. The molecule has 6 heteroatoms. The van der Waals surface area contributed by atoms with E-state index in [9.17, 15) is 4.79 Å². The Hall–Kier alpha value is -2.08. The first kappa shape index (κ1) is 12.0. The molecule has 3 rings (SSSR count). The largest absolute Gasteiger partial charge is 0.389 e. The van der Waals surface area contributed by atoms with Crippen LogP contribution in [0.15, 0.2) is 18.2 Å². The quantitative estimate of drug-likeness (QED) is 0.831. The van der Waals surface area contributed by atoms with Crippen molar-refractivity contribution in [3.05, 3.63) is 23.8 Å². The molecule has 0 bridgehead atoms. The maximum absolute atomic E-state index is 11.6. The van der Waals surface area contributed by atoms with Gasteiger partial charge in [0.15, 0.2) is 5.13 Å². The van der Waals surface area contributed by atoms with E-state index in [0.29, 0.717) is 16.6 Å². The number of anilines is 3. The standard InChI is InChI=1S/C13H14N4OS/c1-17-9-4-2-8(6-7(9)3-5-10(17)18)11-12(14)19-13(15)16-11/h2,4,6H,3,5,14H2,1H3,(H2,15,16). The smallest absolute Gasteiger partial charge is 0.227 e. The van der Waals surface area contributed by atoms with Crippen LogP contribution in [-0.2, 0) is 11.2 Å². The van der Waals surface area contributed by atoms with Crippen LogP contribution in [0, 0.1) is 0 Å². The van der Waals surface area contributed by atoms with E-state index in [1.807, 2.05) is 18.2 Å². The number of nitrogens with two attached hydrogens (primary N) is 2. The summed E-state index contributed by atoms with van der Waals surface area (Å²) in [6.07, 6.45) is 1.30. The molecule has 0 atom stereocenters. The Balaban J connectivity index is 2.07. The molecule has 1 aliphatic rings. The molecular weight excluding hydrogens is 260 g/mol. The predicted molar refractivity (Wildman–Crippen MR) is 78.1 cm³/mol. The summed E-state index contributed by atoms with van der Waals surface area (Å²) in [5, 5.41) is 1.09. The molecule has 0 radical (unpaired) electrons. The van der Waals surface area contributed by atoms with Crippen molar-refractivity contribution in [3.63, 3.8) is 0 Å². The minimum atomic E-state index is 0.151. The molecule has 0 unspecified atom stereocenters. The molecule has 0 aliphatic carbocycles. The van der Waals surface area contributed by atoms with Crippen LogP contribution in [0.5, 0.6) is 0 Å². The second-order valence-electron chi connectivity index (χ2n) is 4.56. The molecule has 0 spiro atoms. The fourth-order valence-electron chi connectivity index (χ4n) is 2.36. The van der Waals surface area contributed by atoms with E-state index < -0.39 is 0 Å². The van der Waals surface area contributed by atoms with Gasteiger partial charge in [0.05, 0.1) is 0 Å². The molecule has 1 aromatic carbocycles. The molecule has 0 fully saturated rings. The number of nitrogens with zero attached hydrogens (tertiary/aromatic N) is 2. The highest BCUT2D eigenvalue weighted by molar-refractivity contribution is 7.19. The van der Waals surface area contributed by atoms with Crippen LogP contribution in [-0.4, -0.2) is 17.9 Å².